The van der Waals surface area contributed by atoms with Gasteiger partial charge in [0.25, 0.3) is 0 Å². The molecule has 0 aliphatic heterocycles. The first-order valence-electron chi connectivity index (χ1n) is 10.9. The summed E-state index contributed by atoms with van der Waals surface area (Å²) in [4.78, 5) is 0. The first-order valence-corrected chi connectivity index (χ1v) is 12.9. The van der Waals surface area contributed by atoms with Crippen molar-refractivity contribution in [2.45, 2.75) is 123 Å². The molecule has 0 spiro atoms. The summed E-state index contributed by atoms with van der Waals surface area (Å²) in [5, 5.41) is 0. The van der Waals surface area contributed by atoms with E-state index < -0.39 is 24.1 Å². The summed E-state index contributed by atoms with van der Waals surface area (Å²) in [6.45, 7) is 6.44. The van der Waals surface area contributed by atoms with Crippen molar-refractivity contribution >= 4 is 0 Å². The van der Waals surface area contributed by atoms with E-state index in [4.69, 9.17) is 5.63 Å². The van der Waals surface area contributed by atoms with Crippen molar-refractivity contribution in [3.8, 4) is 0 Å². The topological polar surface area (TPSA) is 18.5 Å². The van der Waals surface area contributed by atoms with Crippen LogP contribution in [0.1, 0.15) is 123 Å². The van der Waals surface area contributed by atoms with E-state index in [1.165, 1.54) is 109 Å². The van der Waals surface area contributed by atoms with E-state index in [9.17, 15) is 0 Å². The fraction of sp³-hybridized carbons (Fsp3) is 1.00. The molecule has 3 heteroatoms. The second-order valence-corrected chi connectivity index (χ2v) is 8.91. The first-order chi connectivity index (χ1) is 11.9. The normalized spacial score (nSPS) is 11.1. The van der Waals surface area contributed by atoms with Crippen LogP contribution < -0.4 is 0 Å². The predicted molar refractivity (Wildman–Crippen MR) is 102 cm³/mol. The van der Waals surface area contributed by atoms with Crippen LogP contribution in [0.15, 0.2) is 0 Å². The van der Waals surface area contributed by atoms with Gasteiger partial charge in [0.1, 0.15) is 0 Å². The van der Waals surface area contributed by atoms with Gasteiger partial charge in [-0.15, -0.1) is 0 Å². The molecule has 0 aromatic heterocycles. The summed E-state index contributed by atoms with van der Waals surface area (Å²) in [5.41, 5.74) is 0. The van der Waals surface area contributed by atoms with Crippen LogP contribution in [0.4, 0.5) is 0 Å². The fourth-order valence-electron chi connectivity index (χ4n) is 2.92. The molecule has 0 aromatic carbocycles. The van der Waals surface area contributed by atoms with Gasteiger partial charge in [-0.2, -0.15) is 0 Å². The monoisotopic (exact) mass is 418 g/mol. The minimum absolute atomic E-state index is 0.941. The zero-order valence-corrected chi connectivity index (χ0v) is 19.2. The predicted octanol–water partition coefficient (Wildman–Crippen LogP) is 7.60. The molecule has 0 N–H and O–H groups in total. The third kappa shape index (κ3) is 22.8. The Labute approximate surface area is 165 Å². The van der Waals surface area contributed by atoms with Crippen LogP contribution in [0.25, 0.3) is 0 Å². The SMILES string of the molecule is CCCCCCCCCCCCC[O][Zr][O]CCCCCCCC. The van der Waals surface area contributed by atoms with E-state index in [-0.39, 0.29) is 0 Å². The van der Waals surface area contributed by atoms with Crippen LogP contribution in [0, 0.1) is 0 Å². The quantitative estimate of drug-likeness (QED) is 0.178. The van der Waals surface area contributed by atoms with Gasteiger partial charge in [0.05, 0.1) is 0 Å². The molecule has 0 aliphatic carbocycles. The molecule has 0 bridgehead atoms. The maximum atomic E-state index is 5.71. The van der Waals surface area contributed by atoms with Crippen LogP contribution in [-0.4, -0.2) is 13.2 Å². The van der Waals surface area contributed by atoms with Crippen molar-refractivity contribution in [3.05, 3.63) is 0 Å². The minimum atomic E-state index is -0.956. The van der Waals surface area contributed by atoms with Gasteiger partial charge >= 0.3 is 153 Å². The molecule has 24 heavy (non-hydrogen) atoms. The Morgan fingerprint density at radius 3 is 1.04 bits per heavy atom. The zero-order valence-electron chi connectivity index (χ0n) is 16.8. The number of hydrogen-bond acceptors (Lipinski definition) is 2. The summed E-state index contributed by atoms with van der Waals surface area (Å²) in [6, 6.07) is 0. The molecule has 0 unspecified atom stereocenters. The second kappa shape index (κ2) is 23.8. The van der Waals surface area contributed by atoms with Crippen LogP contribution in [0.2, 0.25) is 0 Å². The maximum absolute atomic E-state index is 5.71. The van der Waals surface area contributed by atoms with Crippen molar-refractivity contribution in [3.63, 3.8) is 0 Å². The third-order valence-electron chi connectivity index (χ3n) is 4.57. The third-order valence-corrected chi connectivity index (χ3v) is 6.15. The molecule has 0 radical (unpaired) electrons. The Kier molecular flexibility index (Phi) is 24.6. The fourth-order valence-corrected chi connectivity index (χ4v) is 4.24. The van der Waals surface area contributed by atoms with Gasteiger partial charge < -0.3 is 0 Å². The Morgan fingerprint density at radius 1 is 0.417 bits per heavy atom. The molecule has 144 valence electrons. The van der Waals surface area contributed by atoms with Gasteiger partial charge in [-0.3, -0.25) is 0 Å². The van der Waals surface area contributed by atoms with E-state index >= 15 is 0 Å². The first kappa shape index (κ1) is 24.8. The van der Waals surface area contributed by atoms with Crippen LogP contribution in [0.5, 0.6) is 0 Å². The van der Waals surface area contributed by atoms with Gasteiger partial charge in [-0.25, -0.2) is 0 Å². The molecule has 0 rings (SSSR count). The van der Waals surface area contributed by atoms with Crippen LogP contribution in [-0.2, 0) is 29.7 Å². The molecule has 2 nitrogen and oxygen atoms in total. The molecule has 0 aromatic rings. The molecule has 0 saturated carbocycles. The summed E-state index contributed by atoms with van der Waals surface area (Å²) >= 11 is -0.956. The molecule has 0 heterocycles. The Bertz CT molecular complexity index is 190. The molecular weight excluding hydrogens is 375 g/mol. The van der Waals surface area contributed by atoms with Crippen molar-refractivity contribution in [1.29, 1.82) is 0 Å². The van der Waals surface area contributed by atoms with E-state index in [0.717, 1.165) is 13.2 Å². The van der Waals surface area contributed by atoms with Crippen LogP contribution in [0.3, 0.4) is 0 Å². The van der Waals surface area contributed by atoms with E-state index in [2.05, 4.69) is 13.8 Å². The zero-order chi connectivity index (χ0) is 17.6. The average molecular weight is 420 g/mol. The molecule has 0 amide bonds. The van der Waals surface area contributed by atoms with Crippen molar-refractivity contribution in [2.24, 2.45) is 0 Å². The van der Waals surface area contributed by atoms with Crippen LogP contribution >= 0.6 is 0 Å². The summed E-state index contributed by atoms with van der Waals surface area (Å²) in [6.07, 6.45) is 23.4. The van der Waals surface area contributed by atoms with E-state index in [1.807, 2.05) is 0 Å². The van der Waals surface area contributed by atoms with Crippen molar-refractivity contribution in [2.75, 3.05) is 13.2 Å². The van der Waals surface area contributed by atoms with Gasteiger partial charge in [0.15, 0.2) is 0 Å². The molecule has 0 aliphatic rings. The van der Waals surface area contributed by atoms with E-state index in [0.29, 0.717) is 0 Å². The molecule has 0 saturated heterocycles. The summed E-state index contributed by atoms with van der Waals surface area (Å²) in [7, 11) is 0. The Balaban J connectivity index is 2.93. The number of rotatable bonds is 21. The van der Waals surface area contributed by atoms with Gasteiger partial charge in [-0.1, -0.05) is 13.3 Å². The Morgan fingerprint density at radius 2 is 0.708 bits per heavy atom. The van der Waals surface area contributed by atoms with Gasteiger partial charge in [-0.05, 0) is 0 Å². The molecule has 0 atom stereocenters. The average Bonchev–Trinajstić information content (AvgIpc) is 2.60. The van der Waals surface area contributed by atoms with E-state index in [1.54, 1.807) is 0 Å². The second-order valence-electron chi connectivity index (χ2n) is 7.08. The molecular formula is C21H44O2Zr. The standard InChI is InChI=1S/C13H27O.C8H17O.Zr/c1-2-3-4-5-6-7-8-9-10-11-12-13-14;1-2-3-4-5-6-7-8-9;/h2-13H2,1H3;2-8H2,1H3;/q2*-1;+2. The van der Waals surface area contributed by atoms with Crippen molar-refractivity contribution < 1.29 is 29.7 Å². The Hall–Kier alpha value is 0.803. The molecule has 0 fully saturated rings. The van der Waals surface area contributed by atoms with Crippen molar-refractivity contribution in [1.82, 2.24) is 0 Å². The number of unbranched alkanes of at least 4 members (excludes halogenated alkanes) is 15. The van der Waals surface area contributed by atoms with Gasteiger partial charge in [0, 0.05) is 0 Å². The summed E-state index contributed by atoms with van der Waals surface area (Å²) < 4.78 is 11.4. The summed E-state index contributed by atoms with van der Waals surface area (Å²) in [5.74, 6) is 0. The number of hydrogen-bond donors (Lipinski definition) is 0. The van der Waals surface area contributed by atoms with Gasteiger partial charge in [0.2, 0.25) is 0 Å².